The van der Waals surface area contributed by atoms with Crippen molar-refractivity contribution in [2.75, 3.05) is 6.54 Å². The maximum absolute atomic E-state index is 12.9. The first-order valence-electron chi connectivity index (χ1n) is 8.38. The van der Waals surface area contributed by atoms with E-state index in [1.807, 2.05) is 0 Å². The van der Waals surface area contributed by atoms with Crippen LogP contribution >= 0.6 is 22.7 Å². The van der Waals surface area contributed by atoms with Crippen molar-refractivity contribution in [2.45, 2.75) is 41.2 Å². The second-order valence-electron chi connectivity index (χ2n) is 6.15. The van der Waals surface area contributed by atoms with E-state index in [-0.39, 0.29) is 16.8 Å². The van der Waals surface area contributed by atoms with E-state index in [1.54, 1.807) is 35.0 Å². The third-order valence-corrected chi connectivity index (χ3v) is 9.00. The SMILES string of the molecule is O=C(NCC(c1cccs1)S(=O)(=O)c1cccs1)C(=O)NC1CCCC1. The van der Waals surface area contributed by atoms with Crippen molar-refractivity contribution in [3.8, 4) is 0 Å². The number of amides is 2. The van der Waals surface area contributed by atoms with Gasteiger partial charge in [-0.15, -0.1) is 22.7 Å². The molecule has 3 rings (SSSR count). The van der Waals surface area contributed by atoms with E-state index in [4.69, 9.17) is 0 Å². The number of sulfone groups is 1. The minimum atomic E-state index is -3.64. The summed E-state index contributed by atoms with van der Waals surface area (Å²) in [6.07, 6.45) is 3.85. The van der Waals surface area contributed by atoms with Gasteiger partial charge in [-0.1, -0.05) is 25.0 Å². The Morgan fingerprint density at radius 1 is 1.08 bits per heavy atom. The summed E-state index contributed by atoms with van der Waals surface area (Å²) in [4.78, 5) is 24.7. The Morgan fingerprint density at radius 2 is 1.77 bits per heavy atom. The molecular formula is C17H20N2O4S3. The van der Waals surface area contributed by atoms with E-state index in [2.05, 4.69) is 10.6 Å². The van der Waals surface area contributed by atoms with Crippen molar-refractivity contribution < 1.29 is 18.0 Å². The average Bonchev–Trinajstić information content (AvgIpc) is 3.37. The third-order valence-electron chi connectivity index (χ3n) is 4.36. The fourth-order valence-electron chi connectivity index (χ4n) is 2.99. The van der Waals surface area contributed by atoms with Gasteiger partial charge in [-0.2, -0.15) is 0 Å². The van der Waals surface area contributed by atoms with Gasteiger partial charge in [-0.25, -0.2) is 8.42 Å². The number of hydrogen-bond acceptors (Lipinski definition) is 6. The molecule has 6 nitrogen and oxygen atoms in total. The van der Waals surface area contributed by atoms with Crippen LogP contribution in [0.4, 0.5) is 0 Å². The molecule has 2 aromatic rings. The first kappa shape index (κ1) is 19.1. The Hall–Kier alpha value is -1.71. The Bertz CT molecular complexity index is 839. The lowest BCUT2D eigenvalue weighted by molar-refractivity contribution is -0.139. The lowest BCUT2D eigenvalue weighted by Gasteiger charge is -2.17. The molecule has 0 spiro atoms. The molecule has 0 saturated heterocycles. The second kappa shape index (κ2) is 8.32. The van der Waals surface area contributed by atoms with Crippen LogP contribution in [-0.4, -0.2) is 32.8 Å². The van der Waals surface area contributed by atoms with Gasteiger partial charge in [-0.05, 0) is 35.7 Å². The zero-order chi connectivity index (χ0) is 18.6. The Morgan fingerprint density at radius 3 is 2.38 bits per heavy atom. The van der Waals surface area contributed by atoms with Gasteiger partial charge in [-0.3, -0.25) is 9.59 Å². The molecule has 1 saturated carbocycles. The molecule has 26 heavy (non-hydrogen) atoms. The Labute approximate surface area is 160 Å². The molecule has 1 aliphatic carbocycles. The standard InChI is InChI=1S/C17H20N2O4S3/c20-16(17(21)19-12-5-1-2-6-12)18-11-14(13-7-3-9-24-13)26(22,23)15-8-4-10-25-15/h3-4,7-10,12,14H,1-2,5-6,11H2,(H,18,20)(H,19,21). The topological polar surface area (TPSA) is 92.3 Å². The number of rotatable bonds is 6. The van der Waals surface area contributed by atoms with Gasteiger partial charge in [0.05, 0.1) is 0 Å². The predicted molar refractivity (Wildman–Crippen MR) is 102 cm³/mol. The van der Waals surface area contributed by atoms with E-state index in [0.717, 1.165) is 37.0 Å². The van der Waals surface area contributed by atoms with E-state index in [1.165, 1.54) is 11.3 Å². The summed E-state index contributed by atoms with van der Waals surface area (Å²) in [5, 5.41) is 7.78. The third kappa shape index (κ3) is 4.33. The molecule has 1 aliphatic rings. The van der Waals surface area contributed by atoms with Gasteiger partial charge < -0.3 is 10.6 Å². The highest BCUT2D eigenvalue weighted by atomic mass is 32.2. The molecule has 2 amide bonds. The van der Waals surface area contributed by atoms with E-state index < -0.39 is 26.9 Å². The van der Waals surface area contributed by atoms with Crippen LogP contribution in [0.2, 0.25) is 0 Å². The molecule has 2 N–H and O–H groups in total. The summed E-state index contributed by atoms with van der Waals surface area (Å²) in [5.74, 6) is -1.49. The van der Waals surface area contributed by atoms with Crippen molar-refractivity contribution in [1.82, 2.24) is 10.6 Å². The fourth-order valence-corrected chi connectivity index (χ4v) is 6.98. The molecule has 2 aromatic heterocycles. The lowest BCUT2D eigenvalue weighted by atomic mass is 10.2. The molecule has 0 radical (unpaired) electrons. The van der Waals surface area contributed by atoms with Gasteiger partial charge in [0.2, 0.25) is 0 Å². The normalized spacial score (nSPS) is 16.3. The summed E-state index contributed by atoms with van der Waals surface area (Å²) < 4.78 is 26.1. The first-order valence-corrected chi connectivity index (χ1v) is 11.7. The summed E-state index contributed by atoms with van der Waals surface area (Å²) in [5.41, 5.74) is 0. The van der Waals surface area contributed by atoms with Crippen LogP contribution in [0.1, 0.15) is 35.8 Å². The Kier molecular flexibility index (Phi) is 6.10. The Balaban J connectivity index is 1.69. The summed E-state index contributed by atoms with van der Waals surface area (Å²) in [6, 6.07) is 6.76. The number of carbonyl (C=O) groups excluding carboxylic acids is 2. The van der Waals surface area contributed by atoms with Crippen molar-refractivity contribution in [3.05, 3.63) is 39.9 Å². The number of thiophene rings is 2. The highest BCUT2D eigenvalue weighted by Gasteiger charge is 2.32. The molecule has 2 heterocycles. The highest BCUT2D eigenvalue weighted by molar-refractivity contribution is 7.93. The van der Waals surface area contributed by atoms with Crippen molar-refractivity contribution >= 4 is 44.3 Å². The highest BCUT2D eigenvalue weighted by Crippen LogP contribution is 2.33. The van der Waals surface area contributed by atoms with Crippen molar-refractivity contribution in [3.63, 3.8) is 0 Å². The molecule has 0 aromatic carbocycles. The monoisotopic (exact) mass is 412 g/mol. The maximum Gasteiger partial charge on any atom is 0.309 e. The molecule has 1 fully saturated rings. The van der Waals surface area contributed by atoms with E-state index >= 15 is 0 Å². The van der Waals surface area contributed by atoms with Crippen LogP contribution in [0, 0.1) is 0 Å². The minimum Gasteiger partial charge on any atom is -0.346 e. The minimum absolute atomic E-state index is 0.0381. The molecule has 1 unspecified atom stereocenters. The maximum atomic E-state index is 12.9. The van der Waals surface area contributed by atoms with Crippen LogP contribution in [-0.2, 0) is 19.4 Å². The van der Waals surface area contributed by atoms with E-state index in [0.29, 0.717) is 4.88 Å². The number of carbonyl (C=O) groups is 2. The van der Waals surface area contributed by atoms with Gasteiger partial charge >= 0.3 is 11.8 Å². The van der Waals surface area contributed by atoms with Gasteiger partial charge in [0, 0.05) is 17.5 Å². The summed E-state index contributed by atoms with van der Waals surface area (Å²) >= 11 is 2.46. The zero-order valence-electron chi connectivity index (χ0n) is 14.0. The van der Waals surface area contributed by atoms with Crippen LogP contribution in [0.25, 0.3) is 0 Å². The molecular weight excluding hydrogens is 392 g/mol. The van der Waals surface area contributed by atoms with Crippen LogP contribution < -0.4 is 10.6 Å². The number of nitrogens with one attached hydrogen (secondary N) is 2. The molecule has 1 atom stereocenters. The van der Waals surface area contributed by atoms with Gasteiger partial charge in [0.25, 0.3) is 0 Å². The first-order chi connectivity index (χ1) is 12.5. The molecule has 0 aliphatic heterocycles. The fraction of sp³-hybridized carbons (Fsp3) is 0.412. The quantitative estimate of drug-likeness (QED) is 0.713. The largest absolute Gasteiger partial charge is 0.346 e. The zero-order valence-corrected chi connectivity index (χ0v) is 16.5. The second-order valence-corrected chi connectivity index (χ2v) is 10.4. The predicted octanol–water partition coefficient (Wildman–Crippen LogP) is 2.50. The van der Waals surface area contributed by atoms with Crippen molar-refractivity contribution in [2.24, 2.45) is 0 Å². The van der Waals surface area contributed by atoms with Crippen LogP contribution in [0.15, 0.2) is 39.2 Å². The van der Waals surface area contributed by atoms with Gasteiger partial charge in [0.15, 0.2) is 9.84 Å². The summed E-state index contributed by atoms with van der Waals surface area (Å²) in [6.45, 7) is -0.141. The van der Waals surface area contributed by atoms with E-state index in [9.17, 15) is 18.0 Å². The smallest absolute Gasteiger partial charge is 0.309 e. The lowest BCUT2D eigenvalue weighted by Crippen LogP contribution is -2.45. The number of hydrogen-bond donors (Lipinski definition) is 2. The molecule has 0 bridgehead atoms. The molecule has 9 heteroatoms. The van der Waals surface area contributed by atoms with Crippen LogP contribution in [0.3, 0.4) is 0 Å². The van der Waals surface area contributed by atoms with Gasteiger partial charge in [0.1, 0.15) is 9.46 Å². The van der Waals surface area contributed by atoms with Crippen molar-refractivity contribution in [1.29, 1.82) is 0 Å². The average molecular weight is 413 g/mol. The summed E-state index contributed by atoms with van der Waals surface area (Å²) in [7, 11) is -3.64. The molecule has 140 valence electrons. The van der Waals surface area contributed by atoms with Crippen LogP contribution in [0.5, 0.6) is 0 Å².